The number of carbonyl (C=O) groups is 3. The van der Waals surface area contributed by atoms with Crippen molar-refractivity contribution in [2.45, 2.75) is 411 Å². The Morgan fingerprint density at radius 3 is 0.730 bits per heavy atom. The molecule has 25 nitrogen and oxygen atoms in total. The Hall–Kier alpha value is -5.10. The summed E-state index contributed by atoms with van der Waals surface area (Å²) in [4.78, 5) is 34.7. The van der Waals surface area contributed by atoms with Gasteiger partial charge in [-0.15, -0.1) is 33.2 Å². The molecular weight excluding hydrogens is 1940 g/mol. The average Bonchev–Trinajstić information content (AvgIpc) is 0.817. The zero-order valence-electron chi connectivity index (χ0n) is 90.4. The van der Waals surface area contributed by atoms with E-state index in [4.69, 9.17) is 134 Å². The highest BCUT2D eigenvalue weighted by molar-refractivity contribution is 7.64. The Kier molecular flexibility index (Phi) is 55.1. The van der Waals surface area contributed by atoms with E-state index in [1.807, 2.05) is 86.6 Å². The lowest BCUT2D eigenvalue weighted by molar-refractivity contribution is -0.199. The summed E-state index contributed by atoms with van der Waals surface area (Å²) < 4.78 is 129. The van der Waals surface area contributed by atoms with Crippen molar-refractivity contribution in [3.05, 3.63) is 147 Å². The summed E-state index contributed by atoms with van der Waals surface area (Å²) in [5, 5.41) is 0. The van der Waals surface area contributed by atoms with Crippen LogP contribution in [0.2, 0.25) is 30.2 Å². The SMILES string of the molecule is CC(=O)O[Si](CCCc1ccc2c(c1)COC(C)(CCC(C)C)O2)(OC(C)=O)OC(C)=O.CC(C)CCC1(C)OCc2cc(CCC[Si](Cl)(Cl)Cl)ccc2O1.CCCCCCC1(C)OCc2cc(CCC[Si](OC)(OC)OC)ccc2O1.CCCCCCC1(C)OCc2cc(CCC[Si](OCC)(OCC)OCC)ccc2O1.CCO[Si](CCCc1ccc2c(c1)COC(C)(CCC(C)C)O2)(OCC)OCC. The molecule has 0 saturated heterocycles. The van der Waals surface area contributed by atoms with E-state index in [9.17, 15) is 14.4 Å². The highest BCUT2D eigenvalue weighted by Crippen LogP contribution is 2.43. The van der Waals surface area contributed by atoms with E-state index in [1.165, 1.54) is 81.5 Å². The fourth-order valence-corrected chi connectivity index (χ4v) is 28.5. The van der Waals surface area contributed by atoms with E-state index in [0.29, 0.717) is 109 Å². The van der Waals surface area contributed by atoms with Gasteiger partial charge in [-0.05, 0) is 250 Å². The number of aryl methyl sites for hydroxylation is 5. The second-order valence-corrected chi connectivity index (χ2v) is 59.7. The second kappa shape index (κ2) is 62.4. The van der Waals surface area contributed by atoms with Crippen LogP contribution in [0.5, 0.6) is 28.7 Å². The van der Waals surface area contributed by atoms with Crippen LogP contribution in [0.15, 0.2) is 91.0 Å². The molecule has 0 aliphatic carbocycles. The number of ether oxygens (including phenoxy) is 10. The molecule has 5 aliphatic heterocycles. The lowest BCUT2D eigenvalue weighted by Crippen LogP contribution is -2.49. The van der Waals surface area contributed by atoms with Crippen molar-refractivity contribution in [1.82, 2.24) is 0 Å². The molecule has 0 N–H and O–H groups in total. The van der Waals surface area contributed by atoms with Crippen molar-refractivity contribution in [3.8, 4) is 28.7 Å². The molecule has 5 aromatic carbocycles. The van der Waals surface area contributed by atoms with Gasteiger partial charge in [0, 0.05) is 194 Å². The Balaban J connectivity index is 0.000000271. The first-order valence-electron chi connectivity index (χ1n) is 52.3. The molecule has 5 atom stereocenters. The maximum absolute atomic E-state index is 11.6. The van der Waals surface area contributed by atoms with Gasteiger partial charge in [0.25, 0.3) is 17.9 Å². The topological polar surface area (TPSA) is 254 Å². The number of unbranched alkanes of at least 4 members (excludes halogenated alkanes) is 6. The Bertz CT molecular complexity index is 4380. The minimum Gasteiger partial charge on any atom is -0.462 e. The lowest BCUT2D eigenvalue weighted by Gasteiger charge is -2.36. The third kappa shape index (κ3) is 45.1. The van der Waals surface area contributed by atoms with E-state index in [1.54, 1.807) is 21.3 Å². The van der Waals surface area contributed by atoms with Gasteiger partial charge in [0.05, 0.1) is 39.1 Å². The van der Waals surface area contributed by atoms with Crippen LogP contribution in [0.3, 0.4) is 0 Å². The van der Waals surface area contributed by atoms with Crippen LogP contribution in [0.4, 0.5) is 0 Å². The zero-order chi connectivity index (χ0) is 104. The molecule has 10 rings (SSSR count). The monoisotopic (exact) mass is 2120 g/mol. The quantitative estimate of drug-likeness (QED) is 0.0199. The molecule has 0 radical (unpaired) electrons. The first-order chi connectivity index (χ1) is 66.9. The molecule has 0 spiro atoms. The summed E-state index contributed by atoms with van der Waals surface area (Å²) in [6.07, 6.45) is 26.2. The van der Waals surface area contributed by atoms with Crippen molar-refractivity contribution in [1.29, 1.82) is 0 Å². The normalized spacial score (nSPS) is 19.2. The Morgan fingerprint density at radius 1 is 0.305 bits per heavy atom. The fourth-order valence-electron chi connectivity index (χ4n) is 17.4. The molecule has 0 bridgehead atoms. The smallest absolute Gasteiger partial charge is 0.462 e. The summed E-state index contributed by atoms with van der Waals surface area (Å²) in [5.74, 6) is 1.83. The number of benzene rings is 5. The molecule has 5 heterocycles. The minimum atomic E-state index is -3.80. The summed E-state index contributed by atoms with van der Waals surface area (Å²) in [5.41, 5.74) is 11.6. The maximum atomic E-state index is 11.6. The summed E-state index contributed by atoms with van der Waals surface area (Å²) in [6.45, 7) is 50.0. The van der Waals surface area contributed by atoms with Gasteiger partial charge >= 0.3 is 41.2 Å². The number of hydrogen-bond donors (Lipinski definition) is 0. The first-order valence-corrected chi connectivity index (χ1v) is 65.3. The van der Waals surface area contributed by atoms with Crippen LogP contribution in [0.25, 0.3) is 0 Å². The molecule has 0 amide bonds. The van der Waals surface area contributed by atoms with Crippen molar-refractivity contribution >= 4 is 92.4 Å². The largest absolute Gasteiger partial charge is 0.705 e. The Morgan fingerprint density at radius 2 is 0.525 bits per heavy atom. The summed E-state index contributed by atoms with van der Waals surface area (Å²) in [7, 11) is -6.44. The number of halogens is 3. The predicted octanol–water partition coefficient (Wildman–Crippen LogP) is 27.7. The molecule has 800 valence electrons. The third-order valence-corrected chi connectivity index (χ3v) is 39.7. The molecular formula is C108H177Cl3O25Si5. The lowest BCUT2D eigenvalue weighted by atomic mass is 10.0. The van der Waals surface area contributed by atoms with E-state index < -0.39 is 88.1 Å². The van der Waals surface area contributed by atoms with Crippen LogP contribution in [0.1, 0.15) is 343 Å². The molecule has 141 heavy (non-hydrogen) atoms. The standard InChI is InChI=1S/C24H42O5Si.C23H34O8Si.C23H40O5Si.C21H36O5Si.C17H25Cl3O2Si/c1-6-10-11-12-17-24(5)25-20-22-19-21(15-16-23(22)29-24)14-13-18-30(26-7-2,27-8-3)28-9-4;1-16(2)11-12-23(6)27-15-21-14-20(9-10-22(21)28-23)8-7-13-32(29-17(3)24,30-18(4)25)31-19(5)26;1-7-25-29(26-8-2,27-9-3)16-10-11-20-12-13-22-21(17-20)18-24-23(6,28-22)15-14-19(4)5;1-6-7-8-9-14-21(2)25-17-19-16-18(12-13-20(19)26-21)11-10-15-27(22-3,23-4)24-5;1-13(2)8-9-17(3)21-12-15-11-14(6-7-16(15)22-17)5-4-10-23(18,19)20/h15-16,19H,6-14,17-18,20H2,1-5H3;9-10,14,16H,7-8,11-13,15H2,1-6H3;12-13,17,19H,7-11,14-16,18H2,1-6H3;12-13,16H,6-11,14-15,17H2,1-5H3;6-7,11,13H,4-5,8-10,12H2,1-3H3. The van der Waals surface area contributed by atoms with Gasteiger partial charge in [0.2, 0.25) is 28.9 Å². The van der Waals surface area contributed by atoms with E-state index >= 15 is 0 Å². The van der Waals surface area contributed by atoms with Gasteiger partial charge in [-0.1, -0.05) is 124 Å². The van der Waals surface area contributed by atoms with E-state index in [0.717, 1.165) is 196 Å². The zero-order valence-corrected chi connectivity index (χ0v) is 97.7. The molecule has 5 unspecified atom stereocenters. The summed E-state index contributed by atoms with van der Waals surface area (Å²) in [6, 6.07) is 32.4. The van der Waals surface area contributed by atoms with Crippen LogP contribution >= 0.6 is 33.2 Å². The second-order valence-electron chi connectivity index (χ2n) is 39.4. The van der Waals surface area contributed by atoms with Gasteiger partial charge in [0.15, 0.2) is 0 Å². The van der Waals surface area contributed by atoms with Gasteiger partial charge < -0.3 is 100 Å². The van der Waals surface area contributed by atoms with Crippen molar-refractivity contribution < 1.29 is 115 Å². The van der Waals surface area contributed by atoms with Gasteiger partial charge in [-0.25, -0.2) is 0 Å². The van der Waals surface area contributed by atoms with Crippen LogP contribution < -0.4 is 23.7 Å². The predicted molar refractivity (Wildman–Crippen MR) is 569 cm³/mol. The molecule has 0 fully saturated rings. The first kappa shape index (κ1) is 125. The third-order valence-electron chi connectivity index (χ3n) is 25.2. The van der Waals surface area contributed by atoms with Crippen LogP contribution in [0, 0.1) is 17.8 Å². The fraction of sp³-hybridized carbons (Fsp3) is 0.694. The van der Waals surface area contributed by atoms with Gasteiger partial charge in [-0.3, -0.25) is 14.4 Å². The number of carbonyl (C=O) groups excluding carboxylic acids is 3. The average molecular weight is 2120 g/mol. The van der Waals surface area contributed by atoms with E-state index in [-0.39, 0.29) is 6.04 Å². The van der Waals surface area contributed by atoms with Crippen molar-refractivity contribution in [2.75, 3.05) is 61.0 Å². The molecule has 5 aromatic rings. The van der Waals surface area contributed by atoms with E-state index in [2.05, 4.69) is 136 Å². The van der Waals surface area contributed by atoms with Crippen LogP contribution in [-0.2, 0) is 156 Å². The van der Waals surface area contributed by atoms with Crippen molar-refractivity contribution in [2.24, 2.45) is 17.8 Å². The van der Waals surface area contributed by atoms with Gasteiger partial charge in [-0.2, -0.15) is 0 Å². The highest BCUT2D eigenvalue weighted by atomic mass is 35.8. The van der Waals surface area contributed by atoms with Crippen molar-refractivity contribution in [3.63, 3.8) is 0 Å². The summed E-state index contributed by atoms with van der Waals surface area (Å²) >= 11 is 17.8. The Labute approximate surface area is 867 Å². The molecule has 0 aromatic heterocycles. The number of fused-ring (bicyclic) bond motifs is 5. The number of hydrogen-bond acceptors (Lipinski definition) is 25. The van der Waals surface area contributed by atoms with Crippen LogP contribution in [-0.4, -0.2) is 149 Å². The van der Waals surface area contributed by atoms with Gasteiger partial charge in [0.1, 0.15) is 28.7 Å². The minimum absolute atomic E-state index is 0.142. The molecule has 33 heteroatoms. The molecule has 5 aliphatic rings. The maximum Gasteiger partial charge on any atom is 0.705 e. The number of rotatable bonds is 57. The molecule has 0 saturated carbocycles. The highest BCUT2D eigenvalue weighted by Gasteiger charge is 2.52.